The van der Waals surface area contributed by atoms with Gasteiger partial charge in [-0.05, 0) is 85.9 Å². The van der Waals surface area contributed by atoms with Crippen LogP contribution < -0.4 is 0 Å². The summed E-state index contributed by atoms with van der Waals surface area (Å²) >= 11 is 0. The summed E-state index contributed by atoms with van der Waals surface area (Å²) in [5, 5.41) is 33.0. The highest BCUT2D eigenvalue weighted by molar-refractivity contribution is 5.17. The van der Waals surface area contributed by atoms with Gasteiger partial charge >= 0.3 is 0 Å². The normalized spacial score (nSPS) is 51.9. The van der Waals surface area contributed by atoms with Crippen molar-refractivity contribution >= 4 is 0 Å². The third-order valence-electron chi connectivity index (χ3n) is 11.0. The predicted octanol–water partition coefficient (Wildman–Crippen LogP) is 5.55. The Morgan fingerprint density at radius 2 is 1.63 bits per heavy atom. The summed E-state index contributed by atoms with van der Waals surface area (Å²) in [7, 11) is 0. The van der Waals surface area contributed by atoms with E-state index < -0.39 is 17.8 Å². The van der Waals surface area contributed by atoms with Crippen molar-refractivity contribution in [1.29, 1.82) is 0 Å². The van der Waals surface area contributed by atoms with Crippen molar-refractivity contribution in [2.45, 2.75) is 123 Å². The minimum absolute atomic E-state index is 0.253. The number of hydrogen-bond acceptors (Lipinski definition) is 3. The minimum Gasteiger partial charge on any atom is -0.393 e. The van der Waals surface area contributed by atoms with Gasteiger partial charge in [0.1, 0.15) is 0 Å². The van der Waals surface area contributed by atoms with E-state index >= 15 is 0 Å². The maximum absolute atomic E-state index is 11.6. The quantitative estimate of drug-likeness (QED) is 0.546. The Balaban J connectivity index is 1.53. The fourth-order valence-electron chi connectivity index (χ4n) is 9.29. The summed E-state index contributed by atoms with van der Waals surface area (Å²) in [6.07, 6.45) is 10.7. The molecule has 0 heterocycles. The zero-order valence-electron chi connectivity index (χ0n) is 20.2. The smallest absolute Gasteiger partial charge is 0.0985 e. The Morgan fingerprint density at radius 1 is 0.900 bits per heavy atom. The van der Waals surface area contributed by atoms with Crippen molar-refractivity contribution < 1.29 is 15.3 Å². The standard InChI is InChI=1S/C27H48O3/c1-17(2)7-6-8-18(3)21-9-10-22-20-15-24(29)27(30)16-19(28)11-14-26(27,5)23(20)12-13-25(21,22)4/h17-24,28-30H,6-16H2,1-5H3/t18-,19-,20?,21?,22-,23?,24+,25+,26+,27+/m0/s1. The van der Waals surface area contributed by atoms with Crippen molar-refractivity contribution in [1.82, 2.24) is 0 Å². The molecule has 0 saturated heterocycles. The molecule has 30 heavy (non-hydrogen) atoms. The molecule has 3 N–H and O–H groups in total. The molecule has 3 heteroatoms. The van der Waals surface area contributed by atoms with Gasteiger partial charge in [0, 0.05) is 11.8 Å². The van der Waals surface area contributed by atoms with Gasteiger partial charge in [-0.1, -0.05) is 53.9 Å². The number of aliphatic hydroxyl groups is 3. The van der Waals surface area contributed by atoms with E-state index in [1.54, 1.807) is 0 Å². The van der Waals surface area contributed by atoms with Crippen molar-refractivity contribution in [3.8, 4) is 0 Å². The van der Waals surface area contributed by atoms with Crippen LogP contribution in [0, 0.1) is 46.3 Å². The molecule has 4 rings (SSSR count). The van der Waals surface area contributed by atoms with Crippen LogP contribution in [0.2, 0.25) is 0 Å². The molecule has 0 aliphatic heterocycles. The Labute approximate surface area is 185 Å². The second-order valence-corrected chi connectivity index (χ2v) is 12.9. The molecule has 0 aromatic heterocycles. The fraction of sp³-hybridized carbons (Fsp3) is 1.00. The molecular formula is C27H48O3. The lowest BCUT2D eigenvalue weighted by Crippen LogP contribution is -2.68. The van der Waals surface area contributed by atoms with E-state index in [2.05, 4.69) is 34.6 Å². The van der Waals surface area contributed by atoms with E-state index in [1.165, 1.54) is 44.9 Å². The van der Waals surface area contributed by atoms with Gasteiger partial charge in [-0.2, -0.15) is 0 Å². The van der Waals surface area contributed by atoms with Crippen molar-refractivity contribution in [2.75, 3.05) is 0 Å². The molecular weight excluding hydrogens is 372 g/mol. The maximum atomic E-state index is 11.6. The SMILES string of the molecule is CC(C)CCC[C@H](C)C1CC[C@H]2C3C[C@@H](O)[C@]4(O)C[C@@H](O)CC[C@]4(C)C3CC[C@]12C. The highest BCUT2D eigenvalue weighted by atomic mass is 16.3. The first-order chi connectivity index (χ1) is 14.0. The minimum atomic E-state index is -1.11. The summed E-state index contributed by atoms with van der Waals surface area (Å²) in [6, 6.07) is 0. The molecule has 4 fully saturated rings. The van der Waals surface area contributed by atoms with Crippen molar-refractivity contribution in [3.63, 3.8) is 0 Å². The lowest BCUT2D eigenvalue weighted by Gasteiger charge is -2.65. The molecule has 0 amide bonds. The van der Waals surface area contributed by atoms with Gasteiger partial charge < -0.3 is 15.3 Å². The van der Waals surface area contributed by atoms with Crippen LogP contribution in [-0.2, 0) is 0 Å². The van der Waals surface area contributed by atoms with Crippen LogP contribution in [0.5, 0.6) is 0 Å². The van der Waals surface area contributed by atoms with Crippen LogP contribution in [0.1, 0.15) is 105 Å². The van der Waals surface area contributed by atoms with Gasteiger partial charge in [-0.25, -0.2) is 0 Å². The average Bonchev–Trinajstić information content (AvgIpc) is 3.01. The fourth-order valence-corrected chi connectivity index (χ4v) is 9.29. The predicted molar refractivity (Wildman–Crippen MR) is 122 cm³/mol. The molecule has 4 saturated carbocycles. The molecule has 0 aromatic rings. The molecule has 0 aromatic carbocycles. The topological polar surface area (TPSA) is 60.7 Å². The first kappa shape index (κ1) is 23.1. The number of hydrogen-bond donors (Lipinski definition) is 3. The lowest BCUT2D eigenvalue weighted by atomic mass is 9.42. The van der Waals surface area contributed by atoms with Crippen LogP contribution in [0.25, 0.3) is 0 Å². The summed E-state index contributed by atoms with van der Waals surface area (Å²) in [5.41, 5.74) is -0.962. The van der Waals surface area contributed by atoms with Crippen LogP contribution in [0.3, 0.4) is 0 Å². The molecule has 4 aliphatic carbocycles. The molecule has 4 aliphatic rings. The highest BCUT2D eigenvalue weighted by Crippen LogP contribution is 2.69. The summed E-state index contributed by atoms with van der Waals surface area (Å²) in [6.45, 7) is 12.0. The van der Waals surface area contributed by atoms with Gasteiger partial charge in [0.25, 0.3) is 0 Å². The zero-order valence-corrected chi connectivity index (χ0v) is 20.2. The number of aliphatic hydroxyl groups excluding tert-OH is 2. The average molecular weight is 421 g/mol. The molecule has 174 valence electrons. The molecule has 0 radical (unpaired) electrons. The summed E-state index contributed by atoms with van der Waals surface area (Å²) < 4.78 is 0. The summed E-state index contributed by atoms with van der Waals surface area (Å²) in [5.74, 6) is 4.13. The molecule has 3 unspecified atom stereocenters. The molecule has 10 atom stereocenters. The third kappa shape index (κ3) is 3.41. The van der Waals surface area contributed by atoms with Gasteiger partial charge in [-0.15, -0.1) is 0 Å². The van der Waals surface area contributed by atoms with Crippen LogP contribution in [0.15, 0.2) is 0 Å². The van der Waals surface area contributed by atoms with Gasteiger partial charge in [0.05, 0.1) is 17.8 Å². The van der Waals surface area contributed by atoms with Crippen LogP contribution >= 0.6 is 0 Å². The maximum Gasteiger partial charge on any atom is 0.0985 e. The third-order valence-corrected chi connectivity index (χ3v) is 11.0. The van der Waals surface area contributed by atoms with Crippen LogP contribution in [0.4, 0.5) is 0 Å². The second-order valence-electron chi connectivity index (χ2n) is 12.9. The van der Waals surface area contributed by atoms with Gasteiger partial charge in [-0.3, -0.25) is 0 Å². The Hall–Kier alpha value is -0.120. The molecule has 0 bridgehead atoms. The van der Waals surface area contributed by atoms with Gasteiger partial charge in [0.2, 0.25) is 0 Å². The Bertz CT molecular complexity index is 619. The highest BCUT2D eigenvalue weighted by Gasteiger charge is 2.67. The Kier molecular flexibility index (Phi) is 6.17. The molecule has 0 spiro atoms. The number of rotatable bonds is 5. The second kappa shape index (κ2) is 8.03. The van der Waals surface area contributed by atoms with E-state index in [-0.39, 0.29) is 5.41 Å². The first-order valence-electron chi connectivity index (χ1n) is 13.1. The van der Waals surface area contributed by atoms with Crippen molar-refractivity contribution in [2.24, 2.45) is 46.3 Å². The van der Waals surface area contributed by atoms with Crippen molar-refractivity contribution in [3.05, 3.63) is 0 Å². The number of fused-ring (bicyclic) bond motifs is 5. The van der Waals surface area contributed by atoms with Gasteiger partial charge in [0.15, 0.2) is 0 Å². The Morgan fingerprint density at radius 3 is 2.33 bits per heavy atom. The van der Waals surface area contributed by atoms with E-state index in [0.29, 0.717) is 29.6 Å². The molecule has 3 nitrogen and oxygen atoms in total. The van der Waals surface area contributed by atoms with Crippen LogP contribution in [-0.4, -0.2) is 33.1 Å². The monoisotopic (exact) mass is 420 g/mol. The van der Waals surface area contributed by atoms with E-state index in [4.69, 9.17) is 0 Å². The summed E-state index contributed by atoms with van der Waals surface area (Å²) in [4.78, 5) is 0. The van der Waals surface area contributed by atoms with E-state index in [0.717, 1.165) is 37.0 Å². The lowest BCUT2D eigenvalue weighted by molar-refractivity contribution is -0.264. The zero-order chi connectivity index (χ0) is 21.9. The largest absolute Gasteiger partial charge is 0.393 e. The first-order valence-corrected chi connectivity index (χ1v) is 13.1. The van der Waals surface area contributed by atoms with E-state index in [1.807, 2.05) is 0 Å². The van der Waals surface area contributed by atoms with E-state index in [9.17, 15) is 15.3 Å².